The second-order valence-corrected chi connectivity index (χ2v) is 5.00. The molecule has 0 saturated carbocycles. The van der Waals surface area contributed by atoms with Gasteiger partial charge in [-0.25, -0.2) is 4.98 Å². The molecule has 21 heavy (non-hydrogen) atoms. The summed E-state index contributed by atoms with van der Waals surface area (Å²) in [5.74, 6) is 0.652. The van der Waals surface area contributed by atoms with Crippen molar-refractivity contribution in [2.75, 3.05) is 14.2 Å². The Balaban J connectivity index is 2.00. The van der Waals surface area contributed by atoms with E-state index in [1.807, 2.05) is 25.2 Å². The molecule has 0 bridgehead atoms. The molecule has 0 aliphatic carbocycles. The number of pyridine rings is 1. The van der Waals surface area contributed by atoms with Gasteiger partial charge in [0.25, 0.3) is 0 Å². The fraction of sp³-hybridized carbons (Fsp3) is 0.235. The van der Waals surface area contributed by atoms with Crippen LogP contribution in [0, 0.1) is 0 Å². The first kappa shape index (κ1) is 13.6. The van der Waals surface area contributed by atoms with Crippen molar-refractivity contribution < 1.29 is 4.74 Å². The van der Waals surface area contributed by atoms with E-state index in [1.54, 1.807) is 7.11 Å². The van der Waals surface area contributed by atoms with Gasteiger partial charge in [0.2, 0.25) is 5.88 Å². The van der Waals surface area contributed by atoms with Crippen LogP contribution in [0.1, 0.15) is 11.3 Å². The van der Waals surface area contributed by atoms with Crippen LogP contribution in [0.4, 0.5) is 0 Å². The third kappa shape index (κ3) is 2.76. The Hall–Kier alpha value is -2.33. The van der Waals surface area contributed by atoms with Gasteiger partial charge in [-0.15, -0.1) is 0 Å². The maximum Gasteiger partial charge on any atom is 0.213 e. The van der Waals surface area contributed by atoms with Crippen molar-refractivity contribution >= 4 is 10.9 Å². The molecular formula is C17H19N3O. The minimum atomic E-state index is 0.652. The maximum absolute atomic E-state index is 5.19. The number of ether oxygens (including phenoxy) is 1. The lowest BCUT2D eigenvalue weighted by Gasteiger charge is -2.10. The Morgan fingerprint density at radius 2 is 2.00 bits per heavy atom. The van der Waals surface area contributed by atoms with Gasteiger partial charge in [0.15, 0.2) is 0 Å². The van der Waals surface area contributed by atoms with Crippen LogP contribution in [-0.2, 0) is 13.1 Å². The molecule has 0 saturated heterocycles. The fourth-order valence-corrected chi connectivity index (χ4v) is 2.64. The highest BCUT2D eigenvalue weighted by Gasteiger charge is 2.07. The first-order valence-electron chi connectivity index (χ1n) is 7.03. The predicted octanol–water partition coefficient (Wildman–Crippen LogP) is 2.81. The van der Waals surface area contributed by atoms with Gasteiger partial charge in [-0.2, -0.15) is 0 Å². The first-order chi connectivity index (χ1) is 10.3. The van der Waals surface area contributed by atoms with Crippen LogP contribution in [0.5, 0.6) is 5.88 Å². The van der Waals surface area contributed by atoms with E-state index >= 15 is 0 Å². The highest BCUT2D eigenvalue weighted by molar-refractivity contribution is 5.83. The summed E-state index contributed by atoms with van der Waals surface area (Å²) in [5, 5.41) is 4.48. The third-order valence-electron chi connectivity index (χ3n) is 3.56. The van der Waals surface area contributed by atoms with Gasteiger partial charge in [-0.05, 0) is 30.1 Å². The van der Waals surface area contributed by atoms with E-state index in [0.29, 0.717) is 5.88 Å². The molecule has 0 aliphatic rings. The lowest BCUT2D eigenvalue weighted by Crippen LogP contribution is -2.08. The largest absolute Gasteiger partial charge is 0.481 e. The van der Waals surface area contributed by atoms with Gasteiger partial charge in [-0.3, -0.25) is 0 Å². The van der Waals surface area contributed by atoms with Gasteiger partial charge in [0.05, 0.1) is 24.9 Å². The van der Waals surface area contributed by atoms with Crippen LogP contribution in [0.25, 0.3) is 10.9 Å². The van der Waals surface area contributed by atoms with Crippen molar-refractivity contribution in [1.29, 1.82) is 0 Å². The Morgan fingerprint density at radius 3 is 2.81 bits per heavy atom. The number of nitrogens with one attached hydrogen (secondary N) is 1. The Bertz CT molecular complexity index is 749. The molecule has 3 rings (SSSR count). The third-order valence-corrected chi connectivity index (χ3v) is 3.56. The number of hydrogen-bond acceptors (Lipinski definition) is 3. The van der Waals surface area contributed by atoms with E-state index in [9.17, 15) is 0 Å². The molecule has 0 radical (unpaired) electrons. The lowest BCUT2D eigenvalue weighted by atomic mass is 10.1. The summed E-state index contributed by atoms with van der Waals surface area (Å²) in [5.41, 5.74) is 3.55. The summed E-state index contributed by atoms with van der Waals surface area (Å²) in [6.07, 6.45) is 2.12. The molecule has 4 nitrogen and oxygen atoms in total. The molecular weight excluding hydrogens is 262 g/mol. The van der Waals surface area contributed by atoms with Crippen molar-refractivity contribution in [3.8, 4) is 5.88 Å². The van der Waals surface area contributed by atoms with E-state index in [4.69, 9.17) is 4.74 Å². The molecule has 0 atom stereocenters. The summed E-state index contributed by atoms with van der Waals surface area (Å²) >= 11 is 0. The van der Waals surface area contributed by atoms with E-state index < -0.39 is 0 Å². The Labute approximate surface area is 124 Å². The molecule has 1 aromatic carbocycles. The Kier molecular flexibility index (Phi) is 3.88. The highest BCUT2D eigenvalue weighted by atomic mass is 16.5. The summed E-state index contributed by atoms with van der Waals surface area (Å²) in [6, 6.07) is 14.4. The van der Waals surface area contributed by atoms with Crippen molar-refractivity contribution in [3.63, 3.8) is 0 Å². The number of fused-ring (bicyclic) bond motifs is 1. The second-order valence-electron chi connectivity index (χ2n) is 5.00. The molecule has 0 fully saturated rings. The van der Waals surface area contributed by atoms with Gasteiger partial charge < -0.3 is 14.6 Å². The van der Waals surface area contributed by atoms with Gasteiger partial charge in [-0.1, -0.05) is 24.3 Å². The molecule has 4 heteroatoms. The summed E-state index contributed by atoms with van der Waals surface area (Å²) in [7, 11) is 3.61. The van der Waals surface area contributed by atoms with E-state index in [2.05, 4.69) is 45.3 Å². The van der Waals surface area contributed by atoms with Crippen molar-refractivity contribution in [3.05, 3.63) is 59.9 Å². The molecule has 1 N–H and O–H groups in total. The van der Waals surface area contributed by atoms with Crippen LogP contribution >= 0.6 is 0 Å². The maximum atomic E-state index is 5.19. The van der Waals surface area contributed by atoms with Crippen LogP contribution in [0.3, 0.4) is 0 Å². The van der Waals surface area contributed by atoms with E-state index in [-0.39, 0.29) is 0 Å². The summed E-state index contributed by atoms with van der Waals surface area (Å²) in [6.45, 7) is 1.59. The zero-order valence-electron chi connectivity index (χ0n) is 12.3. The average molecular weight is 281 g/mol. The minimum absolute atomic E-state index is 0.652. The predicted molar refractivity (Wildman–Crippen MR) is 84.6 cm³/mol. The number of hydrogen-bond donors (Lipinski definition) is 1. The SMILES string of the molecule is CNCc1cccc2ccn(Cc3cccc(OC)n3)c12. The van der Waals surface area contributed by atoms with Crippen LogP contribution in [0.15, 0.2) is 48.7 Å². The van der Waals surface area contributed by atoms with E-state index in [1.165, 1.54) is 16.5 Å². The topological polar surface area (TPSA) is 39.1 Å². The quantitative estimate of drug-likeness (QED) is 0.781. The molecule has 0 spiro atoms. The molecule has 0 amide bonds. The molecule has 108 valence electrons. The lowest BCUT2D eigenvalue weighted by molar-refractivity contribution is 0.396. The van der Waals surface area contributed by atoms with Crippen molar-refractivity contribution in [2.24, 2.45) is 0 Å². The number of para-hydroxylation sites is 1. The van der Waals surface area contributed by atoms with Crippen LogP contribution in [0.2, 0.25) is 0 Å². The fourth-order valence-electron chi connectivity index (χ4n) is 2.64. The average Bonchev–Trinajstić information content (AvgIpc) is 2.92. The molecule has 0 aliphatic heterocycles. The molecule has 2 heterocycles. The number of benzene rings is 1. The number of rotatable bonds is 5. The van der Waals surface area contributed by atoms with E-state index in [0.717, 1.165) is 18.8 Å². The second kappa shape index (κ2) is 5.97. The standard InChI is InChI=1S/C17H19N3O/c1-18-11-14-6-3-5-13-9-10-20(17(13)14)12-15-7-4-8-16(19-15)21-2/h3-10,18H,11-12H2,1-2H3. The van der Waals surface area contributed by atoms with Gasteiger partial charge in [0.1, 0.15) is 0 Å². The first-order valence-corrected chi connectivity index (χ1v) is 7.03. The Morgan fingerprint density at radius 1 is 1.14 bits per heavy atom. The zero-order chi connectivity index (χ0) is 14.7. The normalized spacial score (nSPS) is 11.0. The number of methoxy groups -OCH3 is 1. The molecule has 3 aromatic rings. The highest BCUT2D eigenvalue weighted by Crippen LogP contribution is 2.21. The number of aromatic nitrogens is 2. The summed E-state index contributed by atoms with van der Waals surface area (Å²) < 4.78 is 7.43. The van der Waals surface area contributed by atoms with Gasteiger partial charge >= 0.3 is 0 Å². The minimum Gasteiger partial charge on any atom is -0.481 e. The molecule has 0 unspecified atom stereocenters. The van der Waals surface area contributed by atoms with Crippen molar-refractivity contribution in [1.82, 2.24) is 14.9 Å². The van der Waals surface area contributed by atoms with Crippen LogP contribution in [-0.4, -0.2) is 23.7 Å². The van der Waals surface area contributed by atoms with Crippen molar-refractivity contribution in [2.45, 2.75) is 13.1 Å². The smallest absolute Gasteiger partial charge is 0.213 e. The monoisotopic (exact) mass is 281 g/mol. The number of nitrogens with zero attached hydrogens (tertiary/aromatic N) is 2. The van der Waals surface area contributed by atoms with Crippen LogP contribution < -0.4 is 10.1 Å². The van der Waals surface area contributed by atoms with Gasteiger partial charge in [0, 0.05) is 18.8 Å². The zero-order valence-corrected chi connectivity index (χ0v) is 12.3. The summed E-state index contributed by atoms with van der Waals surface area (Å²) in [4.78, 5) is 4.49. The molecule has 2 aromatic heterocycles.